The highest BCUT2D eigenvalue weighted by Gasteiger charge is 2.20. The highest BCUT2D eigenvalue weighted by Crippen LogP contribution is 2.20. The molecule has 4 nitrogen and oxygen atoms in total. The lowest BCUT2D eigenvalue weighted by atomic mass is 10.1. The normalized spacial score (nSPS) is 11.7. The van der Waals surface area contributed by atoms with Crippen molar-refractivity contribution >= 4 is 17.6 Å². The summed E-state index contributed by atoms with van der Waals surface area (Å²) >= 11 is 5.87. The van der Waals surface area contributed by atoms with Gasteiger partial charge in [0.25, 0.3) is 0 Å². The third-order valence-electron chi connectivity index (χ3n) is 3.01. The average molecular weight is 321 g/mol. The van der Waals surface area contributed by atoms with Crippen LogP contribution in [0.3, 0.4) is 0 Å². The molecule has 1 N–H and O–H groups in total. The molecule has 0 heterocycles. The first-order chi connectivity index (χ1) is 10.6. The van der Waals surface area contributed by atoms with E-state index in [-0.39, 0.29) is 6.42 Å². The van der Waals surface area contributed by atoms with E-state index in [0.717, 1.165) is 11.3 Å². The summed E-state index contributed by atoms with van der Waals surface area (Å²) in [5.74, 6) is 0.175. The zero-order valence-electron chi connectivity index (χ0n) is 12.2. The second-order valence-electron chi connectivity index (χ2n) is 4.68. The molecule has 0 bridgehead atoms. The van der Waals surface area contributed by atoms with Crippen LogP contribution in [-0.4, -0.2) is 23.8 Å². The van der Waals surface area contributed by atoms with E-state index in [0.29, 0.717) is 17.4 Å². The van der Waals surface area contributed by atoms with Gasteiger partial charge >= 0.3 is 5.97 Å². The fourth-order valence-corrected chi connectivity index (χ4v) is 2.17. The molecule has 0 spiro atoms. The van der Waals surface area contributed by atoms with E-state index < -0.39 is 12.1 Å². The number of rotatable bonds is 7. The number of carboxylic acids is 1. The van der Waals surface area contributed by atoms with Gasteiger partial charge in [-0.3, -0.25) is 0 Å². The molecular weight excluding hydrogens is 304 g/mol. The Morgan fingerprint density at radius 2 is 1.91 bits per heavy atom. The number of aliphatic carboxylic acids is 1. The van der Waals surface area contributed by atoms with Crippen LogP contribution in [0.4, 0.5) is 0 Å². The Bertz CT molecular complexity index is 625. The van der Waals surface area contributed by atoms with Gasteiger partial charge in [-0.1, -0.05) is 29.8 Å². The van der Waals surface area contributed by atoms with Crippen LogP contribution in [-0.2, 0) is 11.2 Å². The first-order valence-electron chi connectivity index (χ1n) is 6.95. The van der Waals surface area contributed by atoms with E-state index >= 15 is 0 Å². The maximum Gasteiger partial charge on any atom is 0.345 e. The van der Waals surface area contributed by atoms with Gasteiger partial charge in [0, 0.05) is 11.4 Å². The number of ether oxygens (including phenoxy) is 2. The summed E-state index contributed by atoms with van der Waals surface area (Å²) < 4.78 is 10.9. The molecule has 0 aliphatic rings. The van der Waals surface area contributed by atoms with E-state index in [4.69, 9.17) is 21.1 Å². The minimum atomic E-state index is -1.02. The van der Waals surface area contributed by atoms with Crippen LogP contribution >= 0.6 is 11.6 Å². The molecule has 0 aliphatic carbocycles. The molecule has 2 aromatic rings. The maximum absolute atomic E-state index is 11.4. The monoisotopic (exact) mass is 320 g/mol. The van der Waals surface area contributed by atoms with Crippen molar-refractivity contribution in [3.63, 3.8) is 0 Å². The first-order valence-corrected chi connectivity index (χ1v) is 7.33. The van der Waals surface area contributed by atoms with Gasteiger partial charge in [-0.2, -0.15) is 0 Å². The second kappa shape index (κ2) is 7.71. The van der Waals surface area contributed by atoms with Crippen molar-refractivity contribution < 1.29 is 19.4 Å². The fraction of sp³-hybridized carbons (Fsp3) is 0.235. The molecule has 0 fully saturated rings. The van der Waals surface area contributed by atoms with Gasteiger partial charge in [-0.15, -0.1) is 0 Å². The van der Waals surface area contributed by atoms with Crippen molar-refractivity contribution in [2.45, 2.75) is 19.4 Å². The average Bonchev–Trinajstić information content (AvgIpc) is 2.49. The van der Waals surface area contributed by atoms with Crippen LogP contribution in [0.5, 0.6) is 11.5 Å². The van der Waals surface area contributed by atoms with Gasteiger partial charge in [-0.05, 0) is 42.8 Å². The van der Waals surface area contributed by atoms with Gasteiger partial charge in [0.2, 0.25) is 0 Å². The lowest BCUT2D eigenvalue weighted by Crippen LogP contribution is -2.29. The highest BCUT2D eigenvalue weighted by molar-refractivity contribution is 6.30. The highest BCUT2D eigenvalue weighted by atomic mass is 35.5. The molecule has 0 aliphatic heterocycles. The molecule has 116 valence electrons. The molecule has 0 unspecified atom stereocenters. The summed E-state index contributed by atoms with van der Waals surface area (Å²) in [6, 6.07) is 14.0. The zero-order chi connectivity index (χ0) is 15.9. The largest absolute Gasteiger partial charge is 0.494 e. The van der Waals surface area contributed by atoms with Gasteiger partial charge in [0.1, 0.15) is 11.5 Å². The first kappa shape index (κ1) is 16.2. The topological polar surface area (TPSA) is 55.8 Å². The summed E-state index contributed by atoms with van der Waals surface area (Å²) in [4.78, 5) is 11.4. The molecule has 2 rings (SSSR count). The van der Waals surface area contributed by atoms with E-state index in [2.05, 4.69) is 0 Å². The van der Waals surface area contributed by atoms with Crippen molar-refractivity contribution in [1.29, 1.82) is 0 Å². The molecule has 0 saturated carbocycles. The van der Waals surface area contributed by atoms with Crippen molar-refractivity contribution in [3.8, 4) is 11.5 Å². The molecule has 0 aromatic heterocycles. The van der Waals surface area contributed by atoms with Crippen LogP contribution in [0.2, 0.25) is 5.02 Å². The lowest BCUT2D eigenvalue weighted by Gasteiger charge is -2.15. The molecule has 1 atom stereocenters. The van der Waals surface area contributed by atoms with Crippen molar-refractivity contribution in [3.05, 3.63) is 59.1 Å². The Hall–Kier alpha value is -2.20. The molecule has 22 heavy (non-hydrogen) atoms. The number of hydrogen-bond acceptors (Lipinski definition) is 3. The van der Waals surface area contributed by atoms with Crippen molar-refractivity contribution in [1.82, 2.24) is 0 Å². The summed E-state index contributed by atoms with van der Waals surface area (Å²) in [5.41, 5.74) is 0.859. The summed E-state index contributed by atoms with van der Waals surface area (Å²) in [7, 11) is 0. The Balaban J connectivity index is 2.07. The standard InChI is InChI=1S/C17H17ClO4/c1-2-21-14-8-6-12(7-9-14)10-16(17(19)20)22-15-5-3-4-13(18)11-15/h3-9,11,16H,2,10H2,1H3,(H,19,20)/t16-/m0/s1. The van der Waals surface area contributed by atoms with E-state index in [1.807, 2.05) is 31.2 Å². The third-order valence-corrected chi connectivity index (χ3v) is 3.24. The van der Waals surface area contributed by atoms with Crippen LogP contribution in [0.15, 0.2) is 48.5 Å². The molecule has 5 heteroatoms. The minimum Gasteiger partial charge on any atom is -0.494 e. The van der Waals surface area contributed by atoms with Crippen LogP contribution in [0, 0.1) is 0 Å². The zero-order valence-corrected chi connectivity index (χ0v) is 12.9. The lowest BCUT2D eigenvalue weighted by molar-refractivity contribution is -0.145. The third kappa shape index (κ3) is 4.67. The Kier molecular flexibility index (Phi) is 5.67. The number of halogens is 1. The molecule has 0 radical (unpaired) electrons. The van der Waals surface area contributed by atoms with E-state index in [1.165, 1.54) is 0 Å². The van der Waals surface area contributed by atoms with Gasteiger partial charge in [-0.25, -0.2) is 4.79 Å². The maximum atomic E-state index is 11.4. The van der Waals surface area contributed by atoms with Crippen LogP contribution in [0.25, 0.3) is 0 Å². The SMILES string of the molecule is CCOc1ccc(C[C@H](Oc2cccc(Cl)c2)C(=O)O)cc1. The van der Waals surface area contributed by atoms with Crippen LogP contribution in [0.1, 0.15) is 12.5 Å². The second-order valence-corrected chi connectivity index (χ2v) is 5.12. The minimum absolute atomic E-state index is 0.258. The number of hydrogen-bond donors (Lipinski definition) is 1. The molecular formula is C17H17ClO4. The van der Waals surface area contributed by atoms with Crippen LogP contribution < -0.4 is 9.47 Å². The van der Waals surface area contributed by atoms with Gasteiger partial charge in [0.05, 0.1) is 6.61 Å². The van der Waals surface area contributed by atoms with Crippen molar-refractivity contribution in [2.75, 3.05) is 6.61 Å². The Morgan fingerprint density at radius 1 is 1.18 bits per heavy atom. The Labute approximate surface area is 134 Å². The summed E-state index contributed by atoms with van der Waals surface area (Å²) in [5, 5.41) is 9.82. The summed E-state index contributed by atoms with van der Waals surface area (Å²) in [6.07, 6.45) is -0.717. The molecule has 2 aromatic carbocycles. The fourth-order valence-electron chi connectivity index (χ4n) is 1.99. The van der Waals surface area contributed by atoms with E-state index in [9.17, 15) is 9.90 Å². The Morgan fingerprint density at radius 3 is 2.50 bits per heavy atom. The van der Waals surface area contributed by atoms with Gasteiger partial charge in [0.15, 0.2) is 6.10 Å². The number of benzene rings is 2. The van der Waals surface area contributed by atoms with E-state index in [1.54, 1.807) is 24.3 Å². The predicted molar refractivity (Wildman–Crippen MR) is 84.8 cm³/mol. The summed E-state index contributed by atoms with van der Waals surface area (Å²) in [6.45, 7) is 2.50. The number of carboxylic acid groups (broad SMARTS) is 1. The molecule has 0 amide bonds. The predicted octanol–water partition coefficient (Wildman–Crippen LogP) is 3.81. The molecule has 0 saturated heterocycles. The number of carbonyl (C=O) groups is 1. The van der Waals surface area contributed by atoms with Crippen molar-refractivity contribution in [2.24, 2.45) is 0 Å². The smallest absolute Gasteiger partial charge is 0.345 e. The quantitative estimate of drug-likeness (QED) is 0.842. The van der Waals surface area contributed by atoms with Gasteiger partial charge < -0.3 is 14.6 Å².